The van der Waals surface area contributed by atoms with Crippen molar-refractivity contribution >= 4 is 11.7 Å². The standard InChI is InChI=1S/C18H20F4N4O3/c1-17(2,28)15(10-5-6-13(11(19)7-10)29-18(20,21)22)25-16(27)12-8-23-9-14(24-12)26(3)4/h5-9,15,28H,1-4H3,(H,25,27)/t15-/m0/s1. The summed E-state index contributed by atoms with van der Waals surface area (Å²) in [4.78, 5) is 22.3. The third kappa shape index (κ3) is 6.01. The predicted octanol–water partition coefficient (Wildman–Crippen LogP) is 2.82. The number of rotatable bonds is 6. The number of aliphatic hydroxyl groups is 1. The van der Waals surface area contributed by atoms with Gasteiger partial charge in [0.1, 0.15) is 11.5 Å². The molecule has 7 nitrogen and oxygen atoms in total. The van der Waals surface area contributed by atoms with Crippen LogP contribution in [0.25, 0.3) is 0 Å². The average molecular weight is 416 g/mol. The lowest BCUT2D eigenvalue weighted by Crippen LogP contribution is -2.42. The van der Waals surface area contributed by atoms with Crippen LogP contribution in [-0.4, -0.2) is 47.0 Å². The summed E-state index contributed by atoms with van der Waals surface area (Å²) in [6.45, 7) is 2.72. The first-order valence-electron chi connectivity index (χ1n) is 8.35. The number of hydrogen-bond acceptors (Lipinski definition) is 6. The average Bonchev–Trinajstić information content (AvgIpc) is 2.59. The van der Waals surface area contributed by atoms with E-state index < -0.39 is 35.5 Å². The predicted molar refractivity (Wildman–Crippen MR) is 95.9 cm³/mol. The molecule has 0 aliphatic carbocycles. The number of hydrogen-bond donors (Lipinski definition) is 2. The molecule has 1 atom stereocenters. The van der Waals surface area contributed by atoms with Crippen LogP contribution >= 0.6 is 0 Å². The van der Waals surface area contributed by atoms with E-state index in [1.54, 1.807) is 19.0 Å². The fourth-order valence-corrected chi connectivity index (χ4v) is 2.46. The number of aromatic nitrogens is 2. The Morgan fingerprint density at radius 3 is 2.41 bits per heavy atom. The Morgan fingerprint density at radius 2 is 1.90 bits per heavy atom. The van der Waals surface area contributed by atoms with E-state index in [0.717, 1.165) is 18.2 Å². The maximum atomic E-state index is 14.1. The van der Waals surface area contributed by atoms with Gasteiger partial charge in [-0.2, -0.15) is 0 Å². The molecular weight excluding hydrogens is 396 g/mol. The molecule has 0 spiro atoms. The van der Waals surface area contributed by atoms with Crippen molar-refractivity contribution in [1.29, 1.82) is 0 Å². The van der Waals surface area contributed by atoms with Crippen LogP contribution in [0.1, 0.15) is 35.9 Å². The third-order valence-corrected chi connectivity index (χ3v) is 3.81. The van der Waals surface area contributed by atoms with E-state index in [9.17, 15) is 27.5 Å². The molecule has 0 bridgehead atoms. The molecule has 2 rings (SSSR count). The van der Waals surface area contributed by atoms with Gasteiger partial charge >= 0.3 is 6.36 Å². The summed E-state index contributed by atoms with van der Waals surface area (Å²) in [6.07, 6.45) is -2.40. The first kappa shape index (κ1) is 22.3. The second kappa shape index (κ2) is 8.19. The topological polar surface area (TPSA) is 87.6 Å². The quantitative estimate of drug-likeness (QED) is 0.705. The lowest BCUT2D eigenvalue weighted by atomic mass is 9.91. The maximum absolute atomic E-state index is 14.1. The first-order valence-corrected chi connectivity index (χ1v) is 8.35. The fourth-order valence-electron chi connectivity index (χ4n) is 2.46. The van der Waals surface area contributed by atoms with Crippen LogP contribution in [0.3, 0.4) is 0 Å². The van der Waals surface area contributed by atoms with Gasteiger partial charge in [-0.15, -0.1) is 13.2 Å². The highest BCUT2D eigenvalue weighted by Gasteiger charge is 2.34. The summed E-state index contributed by atoms with van der Waals surface area (Å²) < 4.78 is 54.6. The lowest BCUT2D eigenvalue weighted by molar-refractivity contribution is -0.275. The van der Waals surface area contributed by atoms with Crippen LogP contribution in [0, 0.1) is 5.82 Å². The Hall–Kier alpha value is -2.95. The van der Waals surface area contributed by atoms with Crippen molar-refractivity contribution in [2.45, 2.75) is 31.9 Å². The largest absolute Gasteiger partial charge is 0.573 e. The minimum atomic E-state index is -5.05. The summed E-state index contributed by atoms with van der Waals surface area (Å²) in [5.74, 6) is -2.61. The van der Waals surface area contributed by atoms with Crippen molar-refractivity contribution in [3.05, 3.63) is 47.7 Å². The molecular formula is C18H20F4N4O3. The molecule has 0 saturated heterocycles. The monoisotopic (exact) mass is 416 g/mol. The van der Waals surface area contributed by atoms with Crippen molar-refractivity contribution in [3.63, 3.8) is 0 Å². The highest BCUT2D eigenvalue weighted by molar-refractivity contribution is 5.92. The molecule has 0 saturated carbocycles. The van der Waals surface area contributed by atoms with E-state index in [0.29, 0.717) is 5.82 Å². The minimum absolute atomic E-state index is 0.0367. The number of nitrogens with one attached hydrogen (secondary N) is 1. The molecule has 158 valence electrons. The van der Waals surface area contributed by atoms with Crippen molar-refractivity contribution < 1.29 is 32.2 Å². The zero-order valence-corrected chi connectivity index (χ0v) is 16.1. The van der Waals surface area contributed by atoms with E-state index in [2.05, 4.69) is 20.0 Å². The van der Waals surface area contributed by atoms with E-state index in [-0.39, 0.29) is 11.3 Å². The number of ether oxygens (including phenoxy) is 1. The molecule has 0 unspecified atom stereocenters. The van der Waals surface area contributed by atoms with Gasteiger partial charge < -0.3 is 20.1 Å². The van der Waals surface area contributed by atoms with Crippen LogP contribution in [-0.2, 0) is 0 Å². The Bertz CT molecular complexity index is 882. The number of amides is 1. The van der Waals surface area contributed by atoms with E-state index in [1.807, 2.05) is 0 Å². The van der Waals surface area contributed by atoms with Crippen molar-refractivity contribution in [2.75, 3.05) is 19.0 Å². The highest BCUT2D eigenvalue weighted by atomic mass is 19.4. The van der Waals surface area contributed by atoms with Gasteiger partial charge in [-0.05, 0) is 31.5 Å². The zero-order valence-electron chi connectivity index (χ0n) is 16.1. The van der Waals surface area contributed by atoms with Crippen LogP contribution in [0.2, 0.25) is 0 Å². The Kier molecular flexibility index (Phi) is 6.31. The number of carbonyl (C=O) groups is 1. The molecule has 11 heteroatoms. The summed E-state index contributed by atoms with van der Waals surface area (Å²) in [5, 5.41) is 12.9. The number of halogens is 4. The molecule has 0 aliphatic rings. The number of benzene rings is 1. The van der Waals surface area contributed by atoms with Gasteiger partial charge in [-0.25, -0.2) is 9.37 Å². The molecule has 2 N–H and O–H groups in total. The summed E-state index contributed by atoms with van der Waals surface area (Å²) >= 11 is 0. The van der Waals surface area contributed by atoms with Gasteiger partial charge in [0.2, 0.25) is 0 Å². The van der Waals surface area contributed by atoms with E-state index in [1.165, 1.54) is 26.2 Å². The Morgan fingerprint density at radius 1 is 1.24 bits per heavy atom. The molecule has 1 amide bonds. The van der Waals surface area contributed by atoms with Gasteiger partial charge in [-0.3, -0.25) is 9.78 Å². The summed E-state index contributed by atoms with van der Waals surface area (Å²) in [5.41, 5.74) is -1.60. The van der Waals surface area contributed by atoms with E-state index in [4.69, 9.17) is 0 Å². The fraction of sp³-hybridized carbons (Fsp3) is 0.389. The Balaban J connectivity index is 2.32. The van der Waals surface area contributed by atoms with E-state index >= 15 is 0 Å². The normalized spacial score (nSPS) is 13.0. The molecule has 0 fully saturated rings. The molecule has 0 radical (unpaired) electrons. The second-order valence-corrected chi connectivity index (χ2v) is 6.95. The number of carbonyl (C=O) groups excluding carboxylic acids is 1. The second-order valence-electron chi connectivity index (χ2n) is 6.95. The molecule has 1 aromatic carbocycles. The summed E-state index contributed by atoms with van der Waals surface area (Å²) in [6, 6.07) is 1.49. The lowest BCUT2D eigenvalue weighted by Gasteiger charge is -2.30. The minimum Gasteiger partial charge on any atom is -0.403 e. The first-order chi connectivity index (χ1) is 13.3. The van der Waals surface area contributed by atoms with Crippen molar-refractivity contribution in [1.82, 2.24) is 15.3 Å². The van der Waals surface area contributed by atoms with Crippen LogP contribution in [0.4, 0.5) is 23.4 Å². The Labute approximate surface area is 164 Å². The number of nitrogens with zero attached hydrogens (tertiary/aromatic N) is 3. The van der Waals surface area contributed by atoms with Crippen LogP contribution in [0.15, 0.2) is 30.6 Å². The highest BCUT2D eigenvalue weighted by Crippen LogP contribution is 2.31. The third-order valence-electron chi connectivity index (χ3n) is 3.81. The number of anilines is 1. The number of alkyl halides is 3. The van der Waals surface area contributed by atoms with Gasteiger partial charge in [-0.1, -0.05) is 6.07 Å². The van der Waals surface area contributed by atoms with Gasteiger partial charge in [0.25, 0.3) is 5.91 Å². The molecule has 0 aliphatic heterocycles. The van der Waals surface area contributed by atoms with Gasteiger partial charge in [0.05, 0.1) is 24.0 Å². The van der Waals surface area contributed by atoms with Crippen molar-refractivity contribution in [2.24, 2.45) is 0 Å². The molecule has 2 aromatic rings. The molecule has 1 heterocycles. The molecule has 29 heavy (non-hydrogen) atoms. The van der Waals surface area contributed by atoms with Gasteiger partial charge in [0.15, 0.2) is 11.6 Å². The molecule has 1 aromatic heterocycles. The SMILES string of the molecule is CN(C)c1cncc(C(=O)N[C@@H](c2ccc(OC(F)(F)F)c(F)c2)C(C)(C)O)n1. The summed E-state index contributed by atoms with van der Waals surface area (Å²) in [7, 11) is 3.41. The van der Waals surface area contributed by atoms with Crippen LogP contribution in [0.5, 0.6) is 5.75 Å². The zero-order chi connectivity index (χ0) is 22.0. The van der Waals surface area contributed by atoms with Crippen LogP contribution < -0.4 is 15.0 Å². The maximum Gasteiger partial charge on any atom is 0.573 e. The van der Waals surface area contributed by atoms with Crippen molar-refractivity contribution in [3.8, 4) is 5.75 Å². The smallest absolute Gasteiger partial charge is 0.403 e. The van der Waals surface area contributed by atoms with Gasteiger partial charge in [0, 0.05) is 14.1 Å².